The molecule has 3 atom stereocenters. The van der Waals surface area contributed by atoms with Crippen molar-refractivity contribution in [3.63, 3.8) is 0 Å². The highest BCUT2D eigenvalue weighted by molar-refractivity contribution is 5.75. The molecule has 112 valence electrons. The van der Waals surface area contributed by atoms with Gasteiger partial charge in [-0.2, -0.15) is 0 Å². The van der Waals surface area contributed by atoms with Gasteiger partial charge in [-0.05, 0) is 55.9 Å². The highest BCUT2D eigenvalue weighted by Crippen LogP contribution is 2.45. The molecule has 0 saturated heterocycles. The lowest BCUT2D eigenvalue weighted by molar-refractivity contribution is -0.121. The van der Waals surface area contributed by atoms with Crippen LogP contribution in [0, 0.1) is 24.7 Å². The average molecular weight is 283 g/mol. The Morgan fingerprint density at radius 2 is 2.00 bits per heavy atom. The first-order chi connectivity index (χ1) is 10.2. The number of carbonyl (C=O) groups excluding carboxylic acids is 1. The van der Waals surface area contributed by atoms with Gasteiger partial charge in [-0.15, -0.1) is 0 Å². The first-order valence-electron chi connectivity index (χ1n) is 8.21. The van der Waals surface area contributed by atoms with E-state index < -0.39 is 0 Å². The molecule has 1 N–H and O–H groups in total. The van der Waals surface area contributed by atoms with Gasteiger partial charge in [0.05, 0.1) is 0 Å². The van der Waals surface area contributed by atoms with Crippen LogP contribution in [0.25, 0.3) is 0 Å². The summed E-state index contributed by atoms with van der Waals surface area (Å²) >= 11 is 0. The van der Waals surface area contributed by atoms with Crippen molar-refractivity contribution in [3.05, 3.63) is 47.5 Å². The fourth-order valence-electron chi connectivity index (χ4n) is 3.75. The molecule has 0 heterocycles. The number of fused-ring (bicyclic) bond motifs is 2. The van der Waals surface area contributed by atoms with Crippen molar-refractivity contribution in [3.8, 4) is 0 Å². The topological polar surface area (TPSA) is 29.1 Å². The molecular formula is C19H25NO. The molecule has 3 rings (SSSR count). The van der Waals surface area contributed by atoms with E-state index in [9.17, 15) is 4.79 Å². The largest absolute Gasteiger partial charge is 0.352 e. The molecular weight excluding hydrogens is 258 g/mol. The normalized spacial score (nSPS) is 26.2. The van der Waals surface area contributed by atoms with Gasteiger partial charge in [0, 0.05) is 13.0 Å². The Bertz CT molecular complexity index is 517. The monoisotopic (exact) mass is 283 g/mol. The van der Waals surface area contributed by atoms with E-state index >= 15 is 0 Å². The number of nitrogens with one attached hydrogen (secondary N) is 1. The second-order valence-corrected chi connectivity index (χ2v) is 6.69. The zero-order valence-electron chi connectivity index (χ0n) is 12.8. The van der Waals surface area contributed by atoms with Crippen molar-refractivity contribution < 1.29 is 4.79 Å². The van der Waals surface area contributed by atoms with Crippen LogP contribution < -0.4 is 5.32 Å². The quantitative estimate of drug-likeness (QED) is 0.786. The fraction of sp³-hybridized carbons (Fsp3) is 0.526. The summed E-state index contributed by atoms with van der Waals surface area (Å²) in [5.74, 6) is 2.68. The zero-order chi connectivity index (χ0) is 14.7. The van der Waals surface area contributed by atoms with Crippen molar-refractivity contribution in [2.45, 2.75) is 45.6 Å². The molecule has 3 unspecified atom stereocenters. The average Bonchev–Trinajstić information content (AvgIpc) is 3.09. The number of aryl methyl sites for hydroxylation is 1. The number of amides is 1. The lowest BCUT2D eigenvalue weighted by Crippen LogP contribution is -2.22. The van der Waals surface area contributed by atoms with E-state index in [2.05, 4.69) is 48.7 Å². The molecule has 0 radical (unpaired) electrons. The minimum absolute atomic E-state index is 0.189. The maximum Gasteiger partial charge on any atom is 0.220 e. The summed E-state index contributed by atoms with van der Waals surface area (Å²) < 4.78 is 0. The molecule has 1 fully saturated rings. The van der Waals surface area contributed by atoms with Crippen molar-refractivity contribution in [1.29, 1.82) is 0 Å². The third kappa shape index (κ3) is 3.75. The van der Waals surface area contributed by atoms with Crippen LogP contribution in [0.15, 0.2) is 36.4 Å². The lowest BCUT2D eigenvalue weighted by atomic mass is 9.89. The van der Waals surface area contributed by atoms with Gasteiger partial charge in [-0.1, -0.05) is 42.0 Å². The summed E-state index contributed by atoms with van der Waals surface area (Å²) in [6.45, 7) is 2.73. The van der Waals surface area contributed by atoms with E-state index in [1.807, 2.05) is 0 Å². The Morgan fingerprint density at radius 3 is 2.67 bits per heavy atom. The van der Waals surface area contributed by atoms with Gasteiger partial charge in [0.2, 0.25) is 5.91 Å². The van der Waals surface area contributed by atoms with Gasteiger partial charge >= 0.3 is 0 Å². The van der Waals surface area contributed by atoms with Crippen LogP contribution in [-0.2, 0) is 11.3 Å². The molecule has 0 spiro atoms. The summed E-state index contributed by atoms with van der Waals surface area (Å²) in [5.41, 5.74) is 2.43. The molecule has 1 saturated carbocycles. The van der Waals surface area contributed by atoms with E-state index in [0.29, 0.717) is 13.0 Å². The predicted molar refractivity (Wildman–Crippen MR) is 85.7 cm³/mol. The summed E-state index contributed by atoms with van der Waals surface area (Å²) in [6, 6.07) is 8.34. The van der Waals surface area contributed by atoms with Gasteiger partial charge in [0.1, 0.15) is 0 Å². The summed E-state index contributed by atoms with van der Waals surface area (Å²) in [5, 5.41) is 3.02. The smallest absolute Gasteiger partial charge is 0.220 e. The second kappa shape index (κ2) is 6.46. The molecule has 0 aliphatic heterocycles. The molecule has 0 aromatic heterocycles. The SMILES string of the molecule is Cc1ccc(CNC(=O)CCCC2CC3C=CC2C3)cc1. The Hall–Kier alpha value is -1.57. The predicted octanol–water partition coefficient (Wildman–Crippen LogP) is 3.99. The van der Waals surface area contributed by atoms with Crippen molar-refractivity contribution in [2.24, 2.45) is 17.8 Å². The third-order valence-electron chi connectivity index (χ3n) is 5.01. The zero-order valence-corrected chi connectivity index (χ0v) is 12.8. The standard InChI is InChI=1S/C19H25NO/c1-14-5-7-15(8-6-14)13-20-19(21)4-2-3-17-11-16-9-10-18(17)12-16/h5-10,16-18H,2-4,11-13H2,1H3,(H,20,21). The minimum atomic E-state index is 0.189. The number of hydrogen-bond acceptors (Lipinski definition) is 1. The maximum absolute atomic E-state index is 11.9. The number of carbonyl (C=O) groups is 1. The van der Waals surface area contributed by atoms with Crippen LogP contribution >= 0.6 is 0 Å². The number of benzene rings is 1. The molecule has 2 aliphatic rings. The molecule has 2 bridgehead atoms. The first-order valence-corrected chi connectivity index (χ1v) is 8.21. The Labute approximate surface area is 127 Å². The number of rotatable bonds is 6. The minimum Gasteiger partial charge on any atom is -0.352 e. The van der Waals surface area contributed by atoms with Crippen molar-refractivity contribution in [1.82, 2.24) is 5.32 Å². The summed E-state index contributed by atoms with van der Waals surface area (Å²) in [4.78, 5) is 11.9. The maximum atomic E-state index is 11.9. The van der Waals surface area contributed by atoms with Crippen molar-refractivity contribution >= 4 is 5.91 Å². The molecule has 2 heteroatoms. The fourth-order valence-corrected chi connectivity index (χ4v) is 3.75. The van der Waals surface area contributed by atoms with Crippen LogP contribution in [0.2, 0.25) is 0 Å². The summed E-state index contributed by atoms with van der Waals surface area (Å²) in [6.07, 6.45) is 10.4. The van der Waals surface area contributed by atoms with Crippen LogP contribution in [-0.4, -0.2) is 5.91 Å². The second-order valence-electron chi connectivity index (χ2n) is 6.69. The van der Waals surface area contributed by atoms with E-state index in [4.69, 9.17) is 0 Å². The van der Waals surface area contributed by atoms with Gasteiger partial charge in [0.15, 0.2) is 0 Å². The molecule has 2 aliphatic carbocycles. The third-order valence-corrected chi connectivity index (χ3v) is 5.01. The Balaban J connectivity index is 1.33. The van der Waals surface area contributed by atoms with Gasteiger partial charge in [0.25, 0.3) is 0 Å². The van der Waals surface area contributed by atoms with Crippen LogP contribution in [0.3, 0.4) is 0 Å². The number of hydrogen-bond donors (Lipinski definition) is 1. The van der Waals surface area contributed by atoms with E-state index in [-0.39, 0.29) is 5.91 Å². The van der Waals surface area contributed by atoms with Crippen molar-refractivity contribution in [2.75, 3.05) is 0 Å². The van der Waals surface area contributed by atoms with Gasteiger partial charge in [-0.3, -0.25) is 4.79 Å². The lowest BCUT2D eigenvalue weighted by Gasteiger charge is -2.17. The van der Waals surface area contributed by atoms with Gasteiger partial charge < -0.3 is 5.32 Å². The molecule has 1 amide bonds. The van der Waals surface area contributed by atoms with Crippen LogP contribution in [0.1, 0.15) is 43.2 Å². The Kier molecular flexibility index (Phi) is 4.42. The molecule has 2 nitrogen and oxygen atoms in total. The molecule has 21 heavy (non-hydrogen) atoms. The number of allylic oxidation sites excluding steroid dienone is 2. The van der Waals surface area contributed by atoms with Gasteiger partial charge in [-0.25, -0.2) is 0 Å². The highest BCUT2D eigenvalue weighted by atomic mass is 16.1. The summed E-state index contributed by atoms with van der Waals surface area (Å²) in [7, 11) is 0. The first kappa shape index (κ1) is 14.4. The van der Waals surface area contributed by atoms with E-state index in [1.165, 1.54) is 30.4 Å². The van der Waals surface area contributed by atoms with E-state index in [1.54, 1.807) is 0 Å². The Morgan fingerprint density at radius 1 is 1.19 bits per heavy atom. The highest BCUT2D eigenvalue weighted by Gasteiger charge is 2.34. The molecule has 1 aromatic rings. The van der Waals surface area contributed by atoms with Crippen LogP contribution in [0.5, 0.6) is 0 Å². The van der Waals surface area contributed by atoms with E-state index in [0.717, 1.165) is 24.2 Å². The molecule has 1 aromatic carbocycles. The van der Waals surface area contributed by atoms with Crippen LogP contribution in [0.4, 0.5) is 0 Å².